The SMILES string of the molecule is CC(=O)NCC1CCCN(CC(=O)Nc2ccc(N=Nc3ccccc3)cc2)C1. The second-order valence-corrected chi connectivity index (χ2v) is 7.31. The Morgan fingerprint density at radius 2 is 1.72 bits per heavy atom. The fourth-order valence-electron chi connectivity index (χ4n) is 3.37. The van der Waals surface area contributed by atoms with Crippen molar-refractivity contribution in [1.29, 1.82) is 0 Å². The van der Waals surface area contributed by atoms with Gasteiger partial charge in [-0.1, -0.05) is 18.2 Å². The molecule has 0 aromatic heterocycles. The Bertz CT molecular complexity index is 836. The lowest BCUT2D eigenvalue weighted by molar-refractivity contribution is -0.120. The van der Waals surface area contributed by atoms with Crippen molar-refractivity contribution in [2.75, 3.05) is 31.5 Å². The first-order valence-corrected chi connectivity index (χ1v) is 9.92. The van der Waals surface area contributed by atoms with Gasteiger partial charge in [-0.25, -0.2) is 0 Å². The number of carbonyl (C=O) groups excluding carboxylic acids is 2. The quantitative estimate of drug-likeness (QED) is 0.700. The number of anilines is 1. The van der Waals surface area contributed by atoms with E-state index in [2.05, 4.69) is 25.8 Å². The average Bonchev–Trinajstić information content (AvgIpc) is 2.73. The number of likely N-dealkylation sites (tertiary alicyclic amines) is 1. The Morgan fingerprint density at radius 1 is 1.03 bits per heavy atom. The van der Waals surface area contributed by atoms with Crippen LogP contribution in [0.2, 0.25) is 0 Å². The Balaban J connectivity index is 1.46. The van der Waals surface area contributed by atoms with Gasteiger partial charge in [-0.15, -0.1) is 0 Å². The van der Waals surface area contributed by atoms with Gasteiger partial charge < -0.3 is 10.6 Å². The third-order valence-corrected chi connectivity index (χ3v) is 4.80. The molecule has 0 aliphatic carbocycles. The fraction of sp³-hybridized carbons (Fsp3) is 0.364. The number of nitrogens with zero attached hydrogens (tertiary/aromatic N) is 3. The summed E-state index contributed by atoms with van der Waals surface area (Å²) >= 11 is 0. The second kappa shape index (κ2) is 10.5. The van der Waals surface area contributed by atoms with Gasteiger partial charge in [-0.05, 0) is 61.7 Å². The number of carbonyl (C=O) groups is 2. The van der Waals surface area contributed by atoms with Crippen LogP contribution in [-0.4, -0.2) is 42.9 Å². The highest BCUT2D eigenvalue weighted by atomic mass is 16.2. The van der Waals surface area contributed by atoms with Gasteiger partial charge in [0.2, 0.25) is 11.8 Å². The molecular formula is C22H27N5O2. The molecule has 7 nitrogen and oxygen atoms in total. The zero-order chi connectivity index (χ0) is 20.5. The van der Waals surface area contributed by atoms with E-state index in [1.165, 1.54) is 6.92 Å². The van der Waals surface area contributed by atoms with Gasteiger partial charge in [-0.2, -0.15) is 10.2 Å². The van der Waals surface area contributed by atoms with Gasteiger partial charge >= 0.3 is 0 Å². The molecule has 7 heteroatoms. The predicted molar refractivity (Wildman–Crippen MR) is 114 cm³/mol. The lowest BCUT2D eigenvalue weighted by Gasteiger charge is -2.32. The topological polar surface area (TPSA) is 86.2 Å². The molecule has 1 aliphatic rings. The molecule has 1 heterocycles. The van der Waals surface area contributed by atoms with Crippen molar-refractivity contribution >= 4 is 28.9 Å². The summed E-state index contributed by atoms with van der Waals surface area (Å²) in [6.07, 6.45) is 2.12. The van der Waals surface area contributed by atoms with Crippen molar-refractivity contribution in [3.63, 3.8) is 0 Å². The van der Waals surface area contributed by atoms with E-state index in [4.69, 9.17) is 0 Å². The average molecular weight is 393 g/mol. The number of benzene rings is 2. The molecule has 1 aliphatic heterocycles. The summed E-state index contributed by atoms with van der Waals surface area (Å²) in [5, 5.41) is 14.2. The maximum Gasteiger partial charge on any atom is 0.238 e. The molecule has 0 bridgehead atoms. The Morgan fingerprint density at radius 3 is 2.41 bits per heavy atom. The third kappa shape index (κ3) is 7.12. The van der Waals surface area contributed by atoms with E-state index < -0.39 is 0 Å². The zero-order valence-corrected chi connectivity index (χ0v) is 16.7. The minimum atomic E-state index is -0.0381. The number of nitrogens with one attached hydrogen (secondary N) is 2. The lowest BCUT2D eigenvalue weighted by atomic mass is 9.98. The van der Waals surface area contributed by atoms with Crippen LogP contribution in [0.25, 0.3) is 0 Å². The first-order chi connectivity index (χ1) is 14.1. The highest BCUT2D eigenvalue weighted by molar-refractivity contribution is 5.92. The molecule has 3 rings (SSSR count). The second-order valence-electron chi connectivity index (χ2n) is 7.31. The molecule has 0 saturated carbocycles. The molecule has 2 N–H and O–H groups in total. The Hall–Kier alpha value is -3.06. The van der Waals surface area contributed by atoms with E-state index in [1.54, 1.807) is 0 Å². The fourth-order valence-corrected chi connectivity index (χ4v) is 3.37. The van der Waals surface area contributed by atoms with E-state index in [9.17, 15) is 9.59 Å². The maximum absolute atomic E-state index is 12.4. The normalized spacial score (nSPS) is 17.2. The summed E-state index contributed by atoms with van der Waals surface area (Å²) in [5.74, 6) is 0.352. The summed E-state index contributed by atoms with van der Waals surface area (Å²) in [6, 6.07) is 16.8. The number of azo groups is 1. The molecule has 2 amide bonds. The van der Waals surface area contributed by atoms with Crippen LogP contribution < -0.4 is 10.6 Å². The van der Waals surface area contributed by atoms with Crippen LogP contribution in [0.5, 0.6) is 0 Å². The first kappa shape index (κ1) is 20.7. The zero-order valence-electron chi connectivity index (χ0n) is 16.7. The smallest absolute Gasteiger partial charge is 0.238 e. The molecule has 1 fully saturated rings. The molecule has 1 saturated heterocycles. The Kier molecular flexibility index (Phi) is 7.47. The van der Waals surface area contributed by atoms with Crippen molar-refractivity contribution in [1.82, 2.24) is 10.2 Å². The minimum Gasteiger partial charge on any atom is -0.356 e. The lowest BCUT2D eigenvalue weighted by Crippen LogP contribution is -2.43. The largest absolute Gasteiger partial charge is 0.356 e. The first-order valence-electron chi connectivity index (χ1n) is 9.92. The van der Waals surface area contributed by atoms with Crippen molar-refractivity contribution in [3.8, 4) is 0 Å². The molecule has 1 atom stereocenters. The molecule has 2 aromatic carbocycles. The molecule has 29 heavy (non-hydrogen) atoms. The van der Waals surface area contributed by atoms with Crippen molar-refractivity contribution in [3.05, 3.63) is 54.6 Å². The van der Waals surface area contributed by atoms with Gasteiger partial charge in [0.25, 0.3) is 0 Å². The summed E-state index contributed by atoms with van der Waals surface area (Å²) in [4.78, 5) is 25.6. The van der Waals surface area contributed by atoms with Crippen molar-refractivity contribution in [2.45, 2.75) is 19.8 Å². The van der Waals surface area contributed by atoms with Crippen molar-refractivity contribution in [2.24, 2.45) is 16.1 Å². The van der Waals surface area contributed by atoms with Crippen LogP contribution in [0.4, 0.5) is 17.1 Å². The standard InChI is InChI=1S/C22H27N5O2/c1-17(28)23-14-18-6-5-13-27(15-18)16-22(29)24-19-9-11-21(12-10-19)26-25-20-7-3-2-4-8-20/h2-4,7-12,18H,5-6,13-16H2,1H3,(H,23,28)(H,24,29). The van der Waals surface area contributed by atoms with E-state index in [0.29, 0.717) is 19.0 Å². The summed E-state index contributed by atoms with van der Waals surface area (Å²) in [7, 11) is 0. The van der Waals surface area contributed by atoms with Crippen LogP contribution in [0.3, 0.4) is 0 Å². The Labute approximate surface area is 171 Å². The van der Waals surface area contributed by atoms with E-state index in [1.807, 2.05) is 54.6 Å². The number of piperidine rings is 1. The highest BCUT2D eigenvalue weighted by Crippen LogP contribution is 2.20. The maximum atomic E-state index is 12.4. The number of hydrogen-bond acceptors (Lipinski definition) is 5. The molecule has 2 aromatic rings. The molecule has 1 unspecified atom stereocenters. The van der Waals surface area contributed by atoms with Crippen molar-refractivity contribution < 1.29 is 9.59 Å². The van der Waals surface area contributed by atoms with Crippen LogP contribution in [0.1, 0.15) is 19.8 Å². The number of rotatable bonds is 7. The van der Waals surface area contributed by atoms with E-state index >= 15 is 0 Å². The van der Waals surface area contributed by atoms with Gasteiger partial charge in [-0.3, -0.25) is 14.5 Å². The molecule has 0 radical (unpaired) electrons. The molecular weight excluding hydrogens is 366 g/mol. The van der Waals surface area contributed by atoms with Crippen LogP contribution in [0, 0.1) is 5.92 Å². The number of amides is 2. The predicted octanol–water partition coefficient (Wildman–Crippen LogP) is 3.89. The molecule has 152 valence electrons. The van der Waals surface area contributed by atoms with Crippen LogP contribution in [-0.2, 0) is 9.59 Å². The van der Waals surface area contributed by atoms with E-state index in [-0.39, 0.29) is 11.8 Å². The van der Waals surface area contributed by atoms with Crippen LogP contribution in [0.15, 0.2) is 64.8 Å². The molecule has 0 spiro atoms. The summed E-state index contributed by atoms with van der Waals surface area (Å²) in [5.41, 5.74) is 2.26. The summed E-state index contributed by atoms with van der Waals surface area (Å²) in [6.45, 7) is 4.29. The van der Waals surface area contributed by atoms with E-state index in [0.717, 1.165) is 43.0 Å². The van der Waals surface area contributed by atoms with Gasteiger partial charge in [0.15, 0.2) is 0 Å². The highest BCUT2D eigenvalue weighted by Gasteiger charge is 2.21. The van der Waals surface area contributed by atoms with Gasteiger partial charge in [0, 0.05) is 25.7 Å². The monoisotopic (exact) mass is 393 g/mol. The van der Waals surface area contributed by atoms with Gasteiger partial charge in [0.1, 0.15) is 0 Å². The minimum absolute atomic E-state index is 0.00776. The number of hydrogen-bond donors (Lipinski definition) is 2. The summed E-state index contributed by atoms with van der Waals surface area (Å²) < 4.78 is 0. The van der Waals surface area contributed by atoms with Crippen LogP contribution >= 0.6 is 0 Å². The van der Waals surface area contributed by atoms with Gasteiger partial charge in [0.05, 0.1) is 17.9 Å². The third-order valence-electron chi connectivity index (χ3n) is 4.80.